The van der Waals surface area contributed by atoms with Gasteiger partial charge in [-0.25, -0.2) is 0 Å². The fourth-order valence-electron chi connectivity index (χ4n) is 2.29. The van der Waals surface area contributed by atoms with Crippen molar-refractivity contribution in [1.82, 2.24) is 5.32 Å². The molecule has 0 bridgehead atoms. The molecule has 70 valence electrons. The van der Waals surface area contributed by atoms with Crippen LogP contribution in [0.5, 0.6) is 0 Å². The van der Waals surface area contributed by atoms with Crippen molar-refractivity contribution in [2.75, 3.05) is 13.2 Å². The summed E-state index contributed by atoms with van der Waals surface area (Å²) in [5, 5.41) is 3.52. The van der Waals surface area contributed by atoms with Gasteiger partial charge in [0.1, 0.15) is 0 Å². The molecule has 2 rings (SSSR count). The van der Waals surface area contributed by atoms with E-state index >= 15 is 0 Å². The first kappa shape index (κ1) is 8.52. The topological polar surface area (TPSA) is 21.3 Å². The molecule has 0 radical (unpaired) electrons. The highest BCUT2D eigenvalue weighted by Gasteiger charge is 2.35. The first-order valence-corrected chi connectivity index (χ1v) is 5.18. The number of hydrogen-bond acceptors (Lipinski definition) is 2. The van der Waals surface area contributed by atoms with Gasteiger partial charge in [-0.05, 0) is 19.8 Å². The Bertz CT molecular complexity index is 142. The van der Waals surface area contributed by atoms with Crippen molar-refractivity contribution in [2.45, 2.75) is 50.7 Å². The lowest BCUT2D eigenvalue weighted by atomic mass is 9.83. The van der Waals surface area contributed by atoms with Gasteiger partial charge in [-0.15, -0.1) is 0 Å². The molecule has 0 aromatic heterocycles. The second kappa shape index (κ2) is 3.35. The number of ether oxygens (including phenoxy) is 1. The fraction of sp³-hybridized carbons (Fsp3) is 1.00. The largest absolute Gasteiger partial charge is 0.372 e. The van der Waals surface area contributed by atoms with Crippen molar-refractivity contribution >= 4 is 0 Å². The third-order valence-electron chi connectivity index (χ3n) is 3.18. The van der Waals surface area contributed by atoms with E-state index in [1.165, 1.54) is 32.1 Å². The summed E-state index contributed by atoms with van der Waals surface area (Å²) < 4.78 is 5.96. The Hall–Kier alpha value is -0.0800. The second-order valence-electron chi connectivity index (χ2n) is 4.34. The van der Waals surface area contributed by atoms with Crippen LogP contribution in [0.2, 0.25) is 0 Å². The average molecular weight is 169 g/mol. The third kappa shape index (κ3) is 1.64. The minimum Gasteiger partial charge on any atom is -0.372 e. The van der Waals surface area contributed by atoms with Crippen LogP contribution in [0.25, 0.3) is 0 Å². The van der Waals surface area contributed by atoms with Gasteiger partial charge in [0, 0.05) is 12.6 Å². The smallest absolute Gasteiger partial charge is 0.0807 e. The maximum absolute atomic E-state index is 5.96. The van der Waals surface area contributed by atoms with Crippen molar-refractivity contribution in [1.29, 1.82) is 0 Å². The van der Waals surface area contributed by atoms with Gasteiger partial charge in [0.2, 0.25) is 0 Å². The zero-order valence-corrected chi connectivity index (χ0v) is 7.94. The summed E-state index contributed by atoms with van der Waals surface area (Å²) in [5.74, 6) is 0. The molecular formula is C10H19NO. The van der Waals surface area contributed by atoms with Crippen molar-refractivity contribution < 1.29 is 4.74 Å². The van der Waals surface area contributed by atoms with Crippen LogP contribution in [0.4, 0.5) is 0 Å². The molecular weight excluding hydrogens is 150 g/mol. The maximum atomic E-state index is 5.96. The quantitative estimate of drug-likeness (QED) is 0.596. The van der Waals surface area contributed by atoms with E-state index in [4.69, 9.17) is 4.74 Å². The Morgan fingerprint density at radius 1 is 1.25 bits per heavy atom. The van der Waals surface area contributed by atoms with Gasteiger partial charge >= 0.3 is 0 Å². The lowest BCUT2D eigenvalue weighted by Crippen LogP contribution is -2.54. The fourth-order valence-corrected chi connectivity index (χ4v) is 2.29. The van der Waals surface area contributed by atoms with Gasteiger partial charge in [-0.3, -0.25) is 0 Å². The van der Waals surface area contributed by atoms with Gasteiger partial charge in [0.25, 0.3) is 0 Å². The molecule has 2 fully saturated rings. The van der Waals surface area contributed by atoms with Crippen LogP contribution < -0.4 is 5.32 Å². The van der Waals surface area contributed by atoms with E-state index in [2.05, 4.69) is 12.2 Å². The zero-order chi connectivity index (χ0) is 8.44. The summed E-state index contributed by atoms with van der Waals surface area (Å²) in [7, 11) is 0. The van der Waals surface area contributed by atoms with Crippen LogP contribution in [0, 0.1) is 0 Å². The molecule has 0 aromatic carbocycles. The van der Waals surface area contributed by atoms with Crippen LogP contribution >= 0.6 is 0 Å². The monoisotopic (exact) mass is 169 g/mol. The van der Waals surface area contributed by atoms with E-state index in [9.17, 15) is 0 Å². The van der Waals surface area contributed by atoms with Crippen LogP contribution in [0.1, 0.15) is 39.0 Å². The van der Waals surface area contributed by atoms with Crippen molar-refractivity contribution in [3.63, 3.8) is 0 Å². The Balaban J connectivity index is 1.92. The highest BCUT2D eigenvalue weighted by molar-refractivity contribution is 4.90. The summed E-state index contributed by atoms with van der Waals surface area (Å²) in [6.45, 7) is 4.17. The highest BCUT2D eigenvalue weighted by Crippen LogP contribution is 2.32. The van der Waals surface area contributed by atoms with Gasteiger partial charge < -0.3 is 10.1 Å². The molecule has 0 amide bonds. The lowest BCUT2D eigenvalue weighted by molar-refractivity contribution is -0.100. The molecule has 1 atom stereocenters. The molecule has 1 saturated heterocycles. The van der Waals surface area contributed by atoms with Gasteiger partial charge in [-0.2, -0.15) is 0 Å². The molecule has 2 heteroatoms. The first-order valence-electron chi connectivity index (χ1n) is 5.18. The van der Waals surface area contributed by atoms with Gasteiger partial charge in [0.15, 0.2) is 0 Å². The number of nitrogens with one attached hydrogen (secondary N) is 1. The molecule has 1 spiro atoms. The van der Waals surface area contributed by atoms with Crippen LogP contribution in [0.3, 0.4) is 0 Å². The molecule has 1 unspecified atom stereocenters. The van der Waals surface area contributed by atoms with E-state index in [0.717, 1.165) is 13.2 Å². The predicted octanol–water partition coefficient (Wildman–Crippen LogP) is 1.70. The predicted molar refractivity (Wildman–Crippen MR) is 49.2 cm³/mol. The number of hydrogen-bond donors (Lipinski definition) is 1. The minimum atomic E-state index is 0.227. The van der Waals surface area contributed by atoms with Gasteiger partial charge in [0.05, 0.1) is 12.2 Å². The van der Waals surface area contributed by atoms with Gasteiger partial charge in [-0.1, -0.05) is 19.3 Å². The van der Waals surface area contributed by atoms with E-state index < -0.39 is 0 Å². The average Bonchev–Trinajstić information content (AvgIpc) is 2.13. The minimum absolute atomic E-state index is 0.227. The molecule has 1 aliphatic heterocycles. The SMILES string of the molecule is CC1COC2(CCCCC2)CN1. The molecule has 1 N–H and O–H groups in total. The zero-order valence-electron chi connectivity index (χ0n) is 7.94. The molecule has 1 aliphatic carbocycles. The van der Waals surface area contributed by atoms with Crippen LogP contribution in [-0.4, -0.2) is 24.8 Å². The molecule has 2 aliphatic rings. The summed E-state index contributed by atoms with van der Waals surface area (Å²) in [4.78, 5) is 0. The third-order valence-corrected chi connectivity index (χ3v) is 3.18. The number of rotatable bonds is 0. The molecule has 2 nitrogen and oxygen atoms in total. The number of morpholine rings is 1. The standard InChI is InChI=1S/C10H19NO/c1-9-7-12-10(8-11-9)5-3-2-4-6-10/h9,11H,2-8H2,1H3. The molecule has 0 aromatic rings. The first-order chi connectivity index (χ1) is 5.81. The van der Waals surface area contributed by atoms with Crippen molar-refractivity contribution in [3.05, 3.63) is 0 Å². The van der Waals surface area contributed by atoms with Crippen LogP contribution in [0.15, 0.2) is 0 Å². The van der Waals surface area contributed by atoms with E-state index in [1.807, 2.05) is 0 Å². The van der Waals surface area contributed by atoms with E-state index in [-0.39, 0.29) is 5.60 Å². The Morgan fingerprint density at radius 3 is 2.58 bits per heavy atom. The molecule has 1 saturated carbocycles. The normalized spacial score (nSPS) is 35.2. The maximum Gasteiger partial charge on any atom is 0.0807 e. The summed E-state index contributed by atoms with van der Waals surface area (Å²) in [6.07, 6.45) is 6.66. The Morgan fingerprint density at radius 2 is 2.00 bits per heavy atom. The van der Waals surface area contributed by atoms with Crippen LogP contribution in [-0.2, 0) is 4.74 Å². The highest BCUT2D eigenvalue weighted by atomic mass is 16.5. The Kier molecular flexibility index (Phi) is 2.37. The van der Waals surface area contributed by atoms with E-state index in [0.29, 0.717) is 6.04 Å². The second-order valence-corrected chi connectivity index (χ2v) is 4.34. The molecule has 12 heavy (non-hydrogen) atoms. The lowest BCUT2D eigenvalue weighted by Gasteiger charge is -2.42. The summed E-state index contributed by atoms with van der Waals surface area (Å²) in [6, 6.07) is 0.553. The Labute approximate surface area is 74.7 Å². The van der Waals surface area contributed by atoms with Crippen molar-refractivity contribution in [3.8, 4) is 0 Å². The van der Waals surface area contributed by atoms with Crippen molar-refractivity contribution in [2.24, 2.45) is 0 Å². The molecule has 1 heterocycles. The summed E-state index contributed by atoms with van der Waals surface area (Å²) >= 11 is 0. The van der Waals surface area contributed by atoms with E-state index in [1.54, 1.807) is 0 Å². The summed E-state index contributed by atoms with van der Waals surface area (Å²) in [5.41, 5.74) is 0.227.